The first-order chi connectivity index (χ1) is 16.4. The van der Waals surface area contributed by atoms with Crippen LogP contribution in [0.15, 0.2) is 53.5 Å². The number of fused-ring (bicyclic) bond motifs is 1. The molecule has 1 unspecified atom stereocenters. The number of aryl methyl sites for hydroxylation is 1. The zero-order valence-electron chi connectivity index (χ0n) is 19.8. The van der Waals surface area contributed by atoms with Gasteiger partial charge in [0.05, 0.1) is 12.2 Å². The number of hydrogen-bond donors (Lipinski definition) is 1. The second kappa shape index (κ2) is 10.6. The summed E-state index contributed by atoms with van der Waals surface area (Å²) in [6.07, 6.45) is 3.06. The van der Waals surface area contributed by atoms with Crippen LogP contribution in [-0.2, 0) is 20.9 Å². The second-order valence-electron chi connectivity index (χ2n) is 9.02. The van der Waals surface area contributed by atoms with E-state index in [2.05, 4.69) is 10.3 Å². The number of carbonyl (C=O) groups is 3. The molecule has 7 nitrogen and oxygen atoms in total. The Balaban J connectivity index is 1.56. The Morgan fingerprint density at radius 2 is 1.76 bits per heavy atom. The zero-order valence-corrected chi connectivity index (χ0v) is 19.8. The Morgan fingerprint density at radius 1 is 1.03 bits per heavy atom. The summed E-state index contributed by atoms with van der Waals surface area (Å²) < 4.78 is 5.31. The minimum Gasteiger partial charge on any atom is -0.445 e. The highest BCUT2D eigenvalue weighted by atomic mass is 16.5. The molecule has 34 heavy (non-hydrogen) atoms. The number of Topliss-reactive ketones (excluding diaryl/α,β-unsaturated/α-hetero) is 1. The van der Waals surface area contributed by atoms with Gasteiger partial charge in [0.1, 0.15) is 6.61 Å². The van der Waals surface area contributed by atoms with Gasteiger partial charge in [-0.25, -0.2) is 4.79 Å². The molecule has 1 heterocycles. The quantitative estimate of drug-likeness (QED) is 0.683. The number of benzene rings is 2. The Morgan fingerprint density at radius 3 is 2.50 bits per heavy atom. The molecule has 2 aromatic rings. The maximum atomic E-state index is 13.6. The van der Waals surface area contributed by atoms with Crippen LogP contribution in [0.5, 0.6) is 0 Å². The summed E-state index contributed by atoms with van der Waals surface area (Å²) in [5.74, 6) is -0.401. The topological polar surface area (TPSA) is 88.1 Å². The molecule has 1 N–H and O–H groups in total. The highest BCUT2D eigenvalue weighted by molar-refractivity contribution is 6.14. The number of ether oxygens (including phenoxy) is 1. The van der Waals surface area contributed by atoms with Crippen molar-refractivity contribution in [2.75, 3.05) is 11.4 Å². The van der Waals surface area contributed by atoms with E-state index < -0.39 is 18.2 Å². The van der Waals surface area contributed by atoms with E-state index in [0.29, 0.717) is 11.4 Å². The number of benzodiazepines with no additional fused rings is 1. The van der Waals surface area contributed by atoms with Crippen LogP contribution >= 0.6 is 0 Å². The van der Waals surface area contributed by atoms with Crippen molar-refractivity contribution in [2.24, 2.45) is 10.9 Å². The van der Waals surface area contributed by atoms with Crippen LogP contribution in [0.1, 0.15) is 55.7 Å². The van der Waals surface area contributed by atoms with Gasteiger partial charge < -0.3 is 9.64 Å². The van der Waals surface area contributed by atoms with Crippen LogP contribution in [0.3, 0.4) is 0 Å². The SMILES string of the molecule is CC1=NC(NC(=O)OCc2ccccc2)C(=O)N(CC(=O)C2CCCCC2)c2c(C)cccc21. The standard InChI is InChI=1S/C27H31N3O4/c1-18-10-9-15-22-19(2)28-25(29-27(33)34-17-20-11-5-3-6-12-20)26(32)30(24(18)22)16-23(31)21-13-7-4-8-14-21/h3,5-6,9-12,15,21,25H,4,7-8,13-14,16-17H2,1-2H3,(H,29,33). The average Bonchev–Trinajstić information content (AvgIpc) is 2.95. The van der Waals surface area contributed by atoms with Gasteiger partial charge in [-0.05, 0) is 37.8 Å². The third-order valence-electron chi connectivity index (χ3n) is 6.56. The minimum atomic E-state index is -1.17. The molecule has 0 saturated heterocycles. The van der Waals surface area contributed by atoms with Crippen molar-refractivity contribution in [3.8, 4) is 0 Å². The number of hydrogen-bond acceptors (Lipinski definition) is 5. The van der Waals surface area contributed by atoms with Crippen molar-refractivity contribution in [1.29, 1.82) is 0 Å². The second-order valence-corrected chi connectivity index (χ2v) is 9.02. The van der Waals surface area contributed by atoms with Crippen LogP contribution in [-0.4, -0.2) is 36.2 Å². The van der Waals surface area contributed by atoms with Gasteiger partial charge in [0, 0.05) is 17.2 Å². The summed E-state index contributed by atoms with van der Waals surface area (Å²) in [7, 11) is 0. The lowest BCUT2D eigenvalue weighted by Gasteiger charge is -2.29. The fourth-order valence-electron chi connectivity index (χ4n) is 4.72. The molecule has 4 rings (SSSR count). The van der Waals surface area contributed by atoms with Crippen molar-refractivity contribution in [3.05, 3.63) is 65.2 Å². The third-order valence-corrected chi connectivity index (χ3v) is 6.56. The highest BCUT2D eigenvalue weighted by Gasteiger charge is 2.35. The Kier molecular flexibility index (Phi) is 7.40. The monoisotopic (exact) mass is 461 g/mol. The molecular weight excluding hydrogens is 430 g/mol. The van der Waals surface area contributed by atoms with Crippen molar-refractivity contribution < 1.29 is 19.1 Å². The molecule has 1 aliphatic carbocycles. The molecule has 1 fully saturated rings. The largest absolute Gasteiger partial charge is 0.445 e. The van der Waals surface area contributed by atoms with Gasteiger partial charge in [-0.2, -0.15) is 0 Å². The summed E-state index contributed by atoms with van der Waals surface area (Å²) in [5, 5.41) is 2.60. The fourth-order valence-corrected chi connectivity index (χ4v) is 4.72. The van der Waals surface area contributed by atoms with Gasteiger partial charge in [0.25, 0.3) is 5.91 Å². The first kappa shape index (κ1) is 23.7. The fraction of sp³-hybridized carbons (Fsp3) is 0.407. The molecule has 178 valence electrons. The first-order valence-corrected chi connectivity index (χ1v) is 11.9. The molecule has 0 radical (unpaired) electrons. The van der Waals surface area contributed by atoms with Crippen LogP contribution in [0.4, 0.5) is 10.5 Å². The normalized spacial score (nSPS) is 18.5. The van der Waals surface area contributed by atoms with Gasteiger partial charge in [0.2, 0.25) is 6.17 Å². The van der Waals surface area contributed by atoms with E-state index in [9.17, 15) is 14.4 Å². The van der Waals surface area contributed by atoms with Crippen molar-refractivity contribution in [2.45, 2.75) is 58.7 Å². The lowest BCUT2D eigenvalue weighted by atomic mass is 9.86. The number of nitrogens with zero attached hydrogens (tertiary/aromatic N) is 2. The van der Waals surface area contributed by atoms with E-state index in [1.807, 2.05) is 62.4 Å². The summed E-state index contributed by atoms with van der Waals surface area (Å²) in [6.45, 7) is 3.78. The summed E-state index contributed by atoms with van der Waals surface area (Å²) >= 11 is 0. The molecule has 7 heteroatoms. The van der Waals surface area contributed by atoms with E-state index in [-0.39, 0.29) is 24.9 Å². The van der Waals surface area contributed by atoms with Gasteiger partial charge in [-0.15, -0.1) is 0 Å². The molecular formula is C27H31N3O4. The number of rotatable bonds is 6. The molecule has 1 aliphatic heterocycles. The molecule has 0 bridgehead atoms. The van der Waals surface area contributed by atoms with Crippen molar-refractivity contribution in [3.63, 3.8) is 0 Å². The van der Waals surface area contributed by atoms with Crippen LogP contribution in [0, 0.1) is 12.8 Å². The zero-order chi connectivity index (χ0) is 24.1. The predicted molar refractivity (Wildman–Crippen MR) is 131 cm³/mol. The average molecular weight is 462 g/mol. The molecule has 0 spiro atoms. The summed E-state index contributed by atoms with van der Waals surface area (Å²) in [5.41, 5.74) is 3.80. The number of nitrogens with one attached hydrogen (secondary N) is 1. The van der Waals surface area contributed by atoms with Crippen molar-refractivity contribution in [1.82, 2.24) is 5.32 Å². The Labute approximate surface area is 200 Å². The molecule has 0 aromatic heterocycles. The van der Waals surface area contributed by atoms with E-state index in [1.165, 1.54) is 4.90 Å². The molecule has 2 aliphatic rings. The van der Waals surface area contributed by atoms with Gasteiger partial charge >= 0.3 is 6.09 Å². The Bertz CT molecular complexity index is 1090. The number of ketones is 1. The van der Waals surface area contributed by atoms with Crippen LogP contribution < -0.4 is 10.2 Å². The van der Waals surface area contributed by atoms with Gasteiger partial charge in [-0.1, -0.05) is 67.8 Å². The van der Waals surface area contributed by atoms with E-state index >= 15 is 0 Å². The number of anilines is 1. The molecule has 1 atom stereocenters. The lowest BCUT2D eigenvalue weighted by molar-refractivity contribution is -0.126. The number of aliphatic imine (C=N–C) groups is 1. The number of carbonyl (C=O) groups excluding carboxylic acids is 3. The maximum Gasteiger partial charge on any atom is 0.409 e. The van der Waals surface area contributed by atoms with Crippen LogP contribution in [0.25, 0.3) is 0 Å². The first-order valence-electron chi connectivity index (χ1n) is 11.9. The van der Waals surface area contributed by atoms with E-state index in [4.69, 9.17) is 4.74 Å². The minimum absolute atomic E-state index is 0.0264. The highest BCUT2D eigenvalue weighted by Crippen LogP contribution is 2.31. The molecule has 2 amide bonds. The van der Waals surface area contributed by atoms with E-state index in [1.54, 1.807) is 0 Å². The van der Waals surface area contributed by atoms with Crippen LogP contribution in [0.2, 0.25) is 0 Å². The number of alkyl carbamates (subject to hydrolysis) is 1. The molecule has 1 saturated carbocycles. The molecule has 2 aromatic carbocycles. The van der Waals surface area contributed by atoms with E-state index in [0.717, 1.165) is 48.8 Å². The Hall–Kier alpha value is -3.48. The number of para-hydroxylation sites is 1. The summed E-state index contributed by atoms with van der Waals surface area (Å²) in [6, 6.07) is 15.0. The number of amides is 2. The van der Waals surface area contributed by atoms with Gasteiger partial charge in [0.15, 0.2) is 5.78 Å². The lowest BCUT2D eigenvalue weighted by Crippen LogP contribution is -2.49. The maximum absolute atomic E-state index is 13.6. The summed E-state index contributed by atoms with van der Waals surface area (Å²) in [4.78, 5) is 45.3. The predicted octanol–water partition coefficient (Wildman–Crippen LogP) is 4.55. The third kappa shape index (κ3) is 5.35. The smallest absolute Gasteiger partial charge is 0.409 e. The van der Waals surface area contributed by atoms with Crippen molar-refractivity contribution >= 4 is 29.2 Å². The van der Waals surface area contributed by atoms with Gasteiger partial charge in [-0.3, -0.25) is 19.9 Å².